The fourth-order valence-electron chi connectivity index (χ4n) is 2.44. The number of benzene rings is 1. The smallest absolute Gasteiger partial charge is 0.415 e. The van der Waals surface area contributed by atoms with Crippen molar-refractivity contribution >= 4 is 17.4 Å². The first kappa shape index (κ1) is 14.9. The summed E-state index contributed by atoms with van der Waals surface area (Å²) in [5.74, 6) is 0. The molecule has 0 spiro atoms. The maximum absolute atomic E-state index is 14.5. The Morgan fingerprint density at radius 1 is 1.45 bits per heavy atom. The molecule has 0 aliphatic carbocycles. The lowest BCUT2D eigenvalue weighted by atomic mass is 9.98. The third kappa shape index (κ3) is 2.68. The Balaban J connectivity index is 1.73. The molecule has 2 heterocycles. The van der Waals surface area contributed by atoms with Crippen LogP contribution in [-0.4, -0.2) is 22.5 Å². The van der Waals surface area contributed by atoms with E-state index in [9.17, 15) is 13.6 Å². The van der Waals surface area contributed by atoms with Gasteiger partial charge in [0.05, 0.1) is 10.7 Å². The summed E-state index contributed by atoms with van der Waals surface area (Å²) in [6.07, 6.45) is -0.637. The predicted molar refractivity (Wildman–Crippen MR) is 77.8 cm³/mol. The van der Waals surface area contributed by atoms with Gasteiger partial charge in [-0.15, -0.1) is 11.3 Å². The highest BCUT2D eigenvalue weighted by atomic mass is 32.1. The number of aromatic nitrogens is 1. The van der Waals surface area contributed by atoms with Crippen molar-refractivity contribution in [3.63, 3.8) is 0 Å². The van der Waals surface area contributed by atoms with Crippen LogP contribution in [0.25, 0.3) is 0 Å². The summed E-state index contributed by atoms with van der Waals surface area (Å²) in [4.78, 5) is 16.6. The summed E-state index contributed by atoms with van der Waals surface area (Å²) in [7, 11) is 0. The van der Waals surface area contributed by atoms with Crippen LogP contribution in [-0.2, 0) is 23.8 Å². The third-order valence-corrected chi connectivity index (χ3v) is 4.34. The zero-order valence-corrected chi connectivity index (χ0v) is 12.7. The second kappa shape index (κ2) is 5.64. The highest BCUT2D eigenvalue weighted by Crippen LogP contribution is 2.38. The number of halogens is 2. The first-order valence-electron chi connectivity index (χ1n) is 6.80. The number of aryl methyl sites for hydroxylation is 1. The van der Waals surface area contributed by atoms with Crippen molar-refractivity contribution in [2.45, 2.75) is 26.0 Å². The van der Waals surface area contributed by atoms with Gasteiger partial charge in [0, 0.05) is 17.5 Å². The van der Waals surface area contributed by atoms with Crippen LogP contribution in [0.2, 0.25) is 0 Å². The van der Waals surface area contributed by atoms with Crippen LogP contribution >= 0.6 is 11.3 Å². The van der Waals surface area contributed by atoms with Crippen molar-refractivity contribution in [2.24, 2.45) is 0 Å². The molecule has 1 aromatic heterocycles. The first-order chi connectivity index (χ1) is 10.5. The largest absolute Gasteiger partial charge is 0.443 e. The van der Waals surface area contributed by atoms with Gasteiger partial charge in [0.2, 0.25) is 0 Å². The van der Waals surface area contributed by atoms with E-state index in [1.165, 1.54) is 17.4 Å². The molecule has 3 rings (SSSR count). The van der Waals surface area contributed by atoms with E-state index in [-0.39, 0.29) is 18.7 Å². The molecule has 116 valence electrons. The minimum Gasteiger partial charge on any atom is -0.443 e. The predicted octanol–water partition coefficient (Wildman–Crippen LogP) is 3.70. The number of hydrogen-bond acceptors (Lipinski definition) is 4. The molecule has 22 heavy (non-hydrogen) atoms. The number of carbonyl (C=O) groups is 1. The normalized spacial score (nSPS) is 16.2. The molecule has 0 unspecified atom stereocenters. The van der Waals surface area contributed by atoms with Gasteiger partial charge in [-0.05, 0) is 18.9 Å². The van der Waals surface area contributed by atoms with Gasteiger partial charge in [-0.25, -0.2) is 14.7 Å². The van der Waals surface area contributed by atoms with Gasteiger partial charge in [0.25, 0.3) is 0 Å². The van der Waals surface area contributed by atoms with Crippen molar-refractivity contribution in [3.05, 3.63) is 51.5 Å². The molecule has 2 aromatic rings. The van der Waals surface area contributed by atoms with Crippen LogP contribution in [0.5, 0.6) is 0 Å². The monoisotopic (exact) mass is 324 g/mol. The molecular weight excluding hydrogens is 310 g/mol. The average molecular weight is 324 g/mol. The lowest BCUT2D eigenvalue weighted by Crippen LogP contribution is -2.48. The summed E-state index contributed by atoms with van der Waals surface area (Å²) < 4.78 is 33.9. The molecule has 1 aromatic carbocycles. The van der Waals surface area contributed by atoms with E-state index in [0.717, 1.165) is 5.01 Å². The molecule has 0 saturated heterocycles. The maximum Gasteiger partial charge on any atom is 0.415 e. The highest BCUT2D eigenvalue weighted by Gasteiger charge is 2.47. The molecule has 1 amide bonds. The number of alkyl halides is 2. The molecule has 0 radical (unpaired) electrons. The lowest BCUT2D eigenvalue weighted by molar-refractivity contribution is -0.146. The van der Waals surface area contributed by atoms with Crippen molar-refractivity contribution < 1.29 is 18.3 Å². The van der Waals surface area contributed by atoms with Gasteiger partial charge >= 0.3 is 12.1 Å². The van der Waals surface area contributed by atoms with Crippen molar-refractivity contribution in [3.8, 4) is 0 Å². The number of hydrogen-bond donors (Lipinski definition) is 0. The topological polar surface area (TPSA) is 42.4 Å². The molecule has 0 bridgehead atoms. The van der Waals surface area contributed by atoms with E-state index in [0.29, 0.717) is 22.6 Å². The molecule has 0 saturated carbocycles. The molecule has 0 atom stereocenters. The van der Waals surface area contributed by atoms with Crippen LogP contribution in [0.3, 0.4) is 0 Å². The minimum atomic E-state index is -3.36. The van der Waals surface area contributed by atoms with Gasteiger partial charge < -0.3 is 4.74 Å². The zero-order chi connectivity index (χ0) is 15.7. The highest BCUT2D eigenvalue weighted by molar-refractivity contribution is 7.09. The lowest BCUT2D eigenvalue weighted by Gasteiger charge is -2.35. The third-order valence-electron chi connectivity index (χ3n) is 3.52. The van der Waals surface area contributed by atoms with Crippen LogP contribution in [0.15, 0.2) is 29.6 Å². The number of thiazole rings is 1. The van der Waals surface area contributed by atoms with E-state index < -0.39 is 12.1 Å². The maximum atomic E-state index is 14.5. The molecule has 0 fully saturated rings. The van der Waals surface area contributed by atoms with Crippen molar-refractivity contribution in [2.75, 3.05) is 6.54 Å². The van der Waals surface area contributed by atoms with Gasteiger partial charge in [0.15, 0.2) is 0 Å². The van der Waals surface area contributed by atoms with Crippen LogP contribution < -0.4 is 0 Å². The van der Waals surface area contributed by atoms with Crippen LogP contribution in [0.4, 0.5) is 13.6 Å². The first-order valence-corrected chi connectivity index (χ1v) is 7.68. The number of amides is 1. The Morgan fingerprint density at radius 2 is 2.23 bits per heavy atom. The van der Waals surface area contributed by atoms with Crippen molar-refractivity contribution in [1.29, 1.82) is 0 Å². The van der Waals surface area contributed by atoms with Gasteiger partial charge in [0.1, 0.15) is 6.61 Å². The number of ether oxygens (including phenoxy) is 1. The Bertz CT molecular complexity index is 702. The quantitative estimate of drug-likeness (QED) is 0.791. The summed E-state index contributed by atoms with van der Waals surface area (Å²) in [5, 5.41) is 2.58. The molecule has 4 nitrogen and oxygen atoms in total. The van der Waals surface area contributed by atoms with Gasteiger partial charge in [-0.1, -0.05) is 24.3 Å². The second-order valence-electron chi connectivity index (χ2n) is 5.01. The Hall–Kier alpha value is -2.02. The van der Waals surface area contributed by atoms with E-state index in [1.54, 1.807) is 23.6 Å². The molecule has 1 aliphatic rings. The van der Waals surface area contributed by atoms with E-state index in [2.05, 4.69) is 4.98 Å². The van der Waals surface area contributed by atoms with Gasteiger partial charge in [-0.3, -0.25) is 0 Å². The van der Waals surface area contributed by atoms with E-state index in [1.807, 2.05) is 6.92 Å². The summed E-state index contributed by atoms with van der Waals surface area (Å²) in [6, 6.07) is 2.90. The Labute approximate surface area is 130 Å². The molecule has 0 N–H and O–H groups in total. The summed E-state index contributed by atoms with van der Waals surface area (Å²) in [5.41, 5.74) is 0.992. The SMILES string of the molecule is Cc1nc(COC(=O)N2CCc3ccccc3C2(F)F)cs1. The van der Waals surface area contributed by atoms with Gasteiger partial charge in [-0.2, -0.15) is 8.78 Å². The fourth-order valence-corrected chi connectivity index (χ4v) is 3.04. The van der Waals surface area contributed by atoms with Crippen LogP contribution in [0.1, 0.15) is 21.8 Å². The van der Waals surface area contributed by atoms with E-state index in [4.69, 9.17) is 4.74 Å². The van der Waals surface area contributed by atoms with E-state index >= 15 is 0 Å². The van der Waals surface area contributed by atoms with Crippen LogP contribution in [0, 0.1) is 6.92 Å². The Morgan fingerprint density at radius 3 is 2.95 bits per heavy atom. The zero-order valence-electron chi connectivity index (χ0n) is 11.9. The number of carbonyl (C=O) groups excluding carboxylic acids is 1. The minimum absolute atomic E-state index is 0.0705. The van der Waals surface area contributed by atoms with Crippen molar-refractivity contribution in [1.82, 2.24) is 9.88 Å². The second-order valence-corrected chi connectivity index (χ2v) is 6.07. The fraction of sp³-hybridized carbons (Fsp3) is 0.333. The number of fused-ring (bicyclic) bond motifs is 1. The number of rotatable bonds is 2. The number of nitrogens with zero attached hydrogens (tertiary/aromatic N) is 2. The average Bonchev–Trinajstić information content (AvgIpc) is 2.90. The summed E-state index contributed by atoms with van der Waals surface area (Å²) >= 11 is 1.42. The standard InChI is InChI=1S/C15H14F2N2O2S/c1-10-18-12(9-22-10)8-21-14(20)19-7-6-11-4-2-3-5-13(11)15(19,16)17/h2-5,9H,6-8H2,1H3. The molecule has 7 heteroatoms. The summed E-state index contributed by atoms with van der Waals surface area (Å²) in [6.45, 7) is 1.65. The molecular formula is C15H14F2N2O2S. The Kier molecular flexibility index (Phi) is 3.82. The molecule has 1 aliphatic heterocycles.